The van der Waals surface area contributed by atoms with Crippen LogP contribution in [-0.2, 0) is 11.2 Å². The average Bonchev–Trinajstić information content (AvgIpc) is 3.10. The third kappa shape index (κ3) is 3.54. The minimum Gasteiger partial charge on any atom is -0.387 e. The van der Waals surface area contributed by atoms with Crippen LogP contribution in [0.5, 0.6) is 0 Å². The number of aliphatic hydroxyl groups is 1. The van der Waals surface area contributed by atoms with E-state index in [2.05, 4.69) is 4.98 Å². The Labute approximate surface area is 134 Å². The monoisotopic (exact) mass is 316 g/mol. The number of carbonyl (C=O) groups is 1. The summed E-state index contributed by atoms with van der Waals surface area (Å²) in [5.41, 5.74) is 0.813. The largest absolute Gasteiger partial charge is 0.387 e. The van der Waals surface area contributed by atoms with Crippen LogP contribution >= 0.6 is 11.3 Å². The summed E-state index contributed by atoms with van der Waals surface area (Å²) in [6.07, 6.45) is 3.39. The number of pyridine rings is 1. The van der Waals surface area contributed by atoms with Gasteiger partial charge >= 0.3 is 0 Å². The van der Waals surface area contributed by atoms with Crippen molar-refractivity contribution < 1.29 is 9.90 Å². The van der Waals surface area contributed by atoms with Gasteiger partial charge in [-0.3, -0.25) is 9.78 Å². The van der Waals surface area contributed by atoms with Crippen LogP contribution in [0, 0.1) is 5.92 Å². The van der Waals surface area contributed by atoms with Crippen molar-refractivity contribution >= 4 is 17.2 Å². The molecule has 2 aromatic heterocycles. The molecule has 0 unspecified atom stereocenters. The van der Waals surface area contributed by atoms with Gasteiger partial charge in [0.05, 0.1) is 12.5 Å². The number of amides is 1. The second kappa shape index (κ2) is 7.03. The molecule has 1 aliphatic rings. The van der Waals surface area contributed by atoms with E-state index in [0.29, 0.717) is 6.42 Å². The second-order valence-corrected chi connectivity index (χ2v) is 6.66. The zero-order valence-corrected chi connectivity index (χ0v) is 13.2. The Morgan fingerprint density at radius 1 is 1.32 bits per heavy atom. The normalized spacial score (nSPS) is 17.4. The topological polar surface area (TPSA) is 53.4 Å². The number of rotatable bonds is 4. The van der Waals surface area contributed by atoms with E-state index in [0.717, 1.165) is 36.5 Å². The maximum Gasteiger partial charge on any atom is 0.228 e. The molecule has 0 saturated carbocycles. The van der Waals surface area contributed by atoms with Crippen molar-refractivity contribution in [2.45, 2.75) is 25.4 Å². The summed E-state index contributed by atoms with van der Waals surface area (Å²) < 4.78 is 0. The van der Waals surface area contributed by atoms with Crippen molar-refractivity contribution in [1.82, 2.24) is 9.88 Å². The van der Waals surface area contributed by atoms with E-state index < -0.39 is 6.10 Å². The van der Waals surface area contributed by atoms with Gasteiger partial charge in [-0.1, -0.05) is 12.1 Å². The van der Waals surface area contributed by atoms with Gasteiger partial charge in [0.25, 0.3) is 0 Å². The molecule has 0 radical (unpaired) electrons. The fraction of sp³-hybridized carbons (Fsp3) is 0.412. The highest BCUT2D eigenvalue weighted by atomic mass is 32.1. The van der Waals surface area contributed by atoms with E-state index in [-0.39, 0.29) is 11.8 Å². The summed E-state index contributed by atoms with van der Waals surface area (Å²) in [6.45, 7) is 1.44. The first-order chi connectivity index (χ1) is 10.7. The molecule has 4 nitrogen and oxygen atoms in total. The minimum atomic E-state index is -0.395. The molecule has 1 N–H and O–H groups in total. The van der Waals surface area contributed by atoms with E-state index in [1.54, 1.807) is 17.5 Å². The SMILES string of the molecule is O=C(Cc1ccccn1)N1CCC([C@H](O)c2cccs2)CC1. The lowest BCUT2D eigenvalue weighted by Crippen LogP contribution is -2.40. The molecule has 0 bridgehead atoms. The molecular formula is C17H20N2O2S. The summed E-state index contributed by atoms with van der Waals surface area (Å²) >= 11 is 1.59. The van der Waals surface area contributed by atoms with Gasteiger partial charge in [0, 0.05) is 29.9 Å². The van der Waals surface area contributed by atoms with Crippen LogP contribution < -0.4 is 0 Å². The van der Waals surface area contributed by atoms with Crippen molar-refractivity contribution in [1.29, 1.82) is 0 Å². The average molecular weight is 316 g/mol. The fourth-order valence-electron chi connectivity index (χ4n) is 2.93. The molecule has 5 heteroatoms. The quantitative estimate of drug-likeness (QED) is 0.943. The van der Waals surface area contributed by atoms with Crippen molar-refractivity contribution in [2.75, 3.05) is 13.1 Å². The van der Waals surface area contributed by atoms with Gasteiger partial charge in [-0.2, -0.15) is 0 Å². The summed E-state index contributed by atoms with van der Waals surface area (Å²) in [5.74, 6) is 0.375. The molecule has 22 heavy (non-hydrogen) atoms. The molecule has 116 valence electrons. The predicted octanol–water partition coefficient (Wildman–Crippen LogP) is 2.66. The van der Waals surface area contributed by atoms with Gasteiger partial charge in [0.2, 0.25) is 5.91 Å². The Hall–Kier alpha value is -1.72. The first-order valence-corrected chi connectivity index (χ1v) is 8.51. The highest BCUT2D eigenvalue weighted by Gasteiger charge is 2.28. The Kier molecular flexibility index (Phi) is 4.85. The third-order valence-electron chi connectivity index (χ3n) is 4.23. The lowest BCUT2D eigenvalue weighted by atomic mass is 9.90. The maximum atomic E-state index is 12.3. The van der Waals surface area contributed by atoms with Crippen molar-refractivity contribution in [3.05, 3.63) is 52.5 Å². The van der Waals surface area contributed by atoms with Gasteiger partial charge in [-0.15, -0.1) is 11.3 Å². The summed E-state index contributed by atoms with van der Waals surface area (Å²) in [4.78, 5) is 19.4. The van der Waals surface area contributed by atoms with Crippen molar-refractivity contribution in [3.63, 3.8) is 0 Å². The molecule has 1 aliphatic heterocycles. The molecular weight excluding hydrogens is 296 g/mol. The first-order valence-electron chi connectivity index (χ1n) is 7.63. The molecule has 1 saturated heterocycles. The zero-order chi connectivity index (χ0) is 15.4. The van der Waals surface area contributed by atoms with Crippen LogP contribution in [0.25, 0.3) is 0 Å². The van der Waals surface area contributed by atoms with Gasteiger partial charge in [-0.25, -0.2) is 0 Å². The summed E-state index contributed by atoms with van der Waals surface area (Å²) in [5, 5.41) is 12.4. The van der Waals surface area contributed by atoms with Gasteiger partial charge in [0.15, 0.2) is 0 Å². The van der Waals surface area contributed by atoms with Crippen LogP contribution in [0.15, 0.2) is 41.9 Å². The fourth-order valence-corrected chi connectivity index (χ4v) is 3.73. The molecule has 3 heterocycles. The minimum absolute atomic E-state index is 0.128. The predicted molar refractivity (Wildman–Crippen MR) is 86.5 cm³/mol. The number of carbonyl (C=O) groups excluding carboxylic acids is 1. The molecule has 1 amide bonds. The number of nitrogens with zero attached hydrogens (tertiary/aromatic N) is 2. The van der Waals surface area contributed by atoms with Gasteiger partial charge in [-0.05, 0) is 42.3 Å². The van der Waals surface area contributed by atoms with Gasteiger partial charge < -0.3 is 10.0 Å². The van der Waals surface area contributed by atoms with Crippen LogP contribution in [-0.4, -0.2) is 34.0 Å². The molecule has 0 spiro atoms. The standard InChI is InChI=1S/C17H20N2O2S/c20-16(12-14-4-1-2-8-18-14)19-9-6-13(7-10-19)17(21)15-5-3-11-22-15/h1-5,8,11,13,17,21H,6-7,9-10,12H2/t17-/m0/s1. The molecule has 3 rings (SSSR count). The Morgan fingerprint density at radius 2 is 2.14 bits per heavy atom. The molecule has 2 aromatic rings. The number of piperidine rings is 1. The third-order valence-corrected chi connectivity index (χ3v) is 5.17. The Balaban J connectivity index is 1.52. The van der Waals surface area contributed by atoms with Crippen LogP contribution in [0.3, 0.4) is 0 Å². The Bertz CT molecular complexity index is 592. The number of likely N-dealkylation sites (tertiary alicyclic amines) is 1. The molecule has 1 fully saturated rings. The highest BCUT2D eigenvalue weighted by Crippen LogP contribution is 2.32. The van der Waals surface area contributed by atoms with E-state index in [1.165, 1.54) is 0 Å². The number of hydrogen-bond donors (Lipinski definition) is 1. The van der Waals surface area contributed by atoms with Crippen molar-refractivity contribution in [3.8, 4) is 0 Å². The lowest BCUT2D eigenvalue weighted by molar-refractivity contribution is -0.132. The number of hydrogen-bond acceptors (Lipinski definition) is 4. The maximum absolute atomic E-state index is 12.3. The highest BCUT2D eigenvalue weighted by molar-refractivity contribution is 7.10. The van der Waals surface area contributed by atoms with Crippen molar-refractivity contribution in [2.24, 2.45) is 5.92 Å². The zero-order valence-electron chi connectivity index (χ0n) is 12.4. The lowest BCUT2D eigenvalue weighted by Gasteiger charge is -2.34. The van der Waals surface area contributed by atoms with E-state index in [4.69, 9.17) is 0 Å². The number of thiophene rings is 1. The van der Waals surface area contributed by atoms with E-state index >= 15 is 0 Å². The number of aromatic nitrogens is 1. The van der Waals surface area contributed by atoms with Crippen LogP contribution in [0.1, 0.15) is 29.5 Å². The molecule has 1 atom stereocenters. The summed E-state index contributed by atoms with van der Waals surface area (Å²) in [7, 11) is 0. The molecule has 0 aromatic carbocycles. The number of aliphatic hydroxyl groups excluding tert-OH is 1. The first kappa shape index (κ1) is 15.2. The van der Waals surface area contributed by atoms with Crippen LogP contribution in [0.2, 0.25) is 0 Å². The summed E-state index contributed by atoms with van der Waals surface area (Å²) in [6, 6.07) is 9.58. The van der Waals surface area contributed by atoms with Gasteiger partial charge in [0.1, 0.15) is 0 Å². The van der Waals surface area contributed by atoms with Crippen LogP contribution in [0.4, 0.5) is 0 Å². The second-order valence-electron chi connectivity index (χ2n) is 5.68. The Morgan fingerprint density at radius 3 is 2.77 bits per heavy atom. The molecule has 0 aliphatic carbocycles. The smallest absolute Gasteiger partial charge is 0.228 e. The van der Waals surface area contributed by atoms with E-state index in [9.17, 15) is 9.90 Å². The van der Waals surface area contributed by atoms with E-state index in [1.807, 2.05) is 40.6 Å².